The van der Waals surface area contributed by atoms with Crippen molar-refractivity contribution in [2.75, 3.05) is 18.6 Å². The van der Waals surface area contributed by atoms with Gasteiger partial charge in [0.1, 0.15) is 5.82 Å². The fraction of sp³-hybridized carbons (Fsp3) is 0.207. The standard InChI is InChI=1S/C29H24Cl2N8O6/c1-45-24(28(41)42)13-37(29(43)44)18-3-5-20(32-11-18)21-12-33-27(34-21)23-7-4-17-8-15(9-26(40)39(17)23)19-10-16(30)2-6-22(19)38-14-25(31)35-36-38/h2-3,5-6,8-12,14,23-24H,4,7,13H2,1H3,(H,33,34)(H,41,42)(H,43,44)/t23-,24?/m0/s1. The van der Waals surface area contributed by atoms with Crippen molar-refractivity contribution in [1.82, 2.24) is 34.5 Å². The Morgan fingerprint density at radius 2 is 1.96 bits per heavy atom. The lowest BCUT2D eigenvalue weighted by Crippen LogP contribution is -2.41. The Morgan fingerprint density at radius 1 is 1.13 bits per heavy atom. The number of H-pyrrole nitrogens is 1. The number of imidazole rings is 1. The molecule has 6 rings (SSSR count). The van der Waals surface area contributed by atoms with E-state index in [0.29, 0.717) is 51.9 Å². The number of hydrogen-bond donors (Lipinski definition) is 3. The molecule has 0 saturated carbocycles. The highest BCUT2D eigenvalue weighted by Gasteiger charge is 2.29. The number of amides is 1. The molecule has 0 bridgehead atoms. The molecule has 45 heavy (non-hydrogen) atoms. The van der Waals surface area contributed by atoms with Crippen molar-refractivity contribution >= 4 is 41.0 Å². The van der Waals surface area contributed by atoms with Gasteiger partial charge in [0.05, 0.1) is 53.9 Å². The van der Waals surface area contributed by atoms with Gasteiger partial charge in [-0.3, -0.25) is 14.7 Å². The number of aryl methyl sites for hydroxylation is 1. The zero-order valence-electron chi connectivity index (χ0n) is 23.5. The molecule has 3 N–H and O–H groups in total. The molecule has 0 saturated heterocycles. The van der Waals surface area contributed by atoms with E-state index in [9.17, 15) is 24.6 Å². The van der Waals surface area contributed by atoms with E-state index in [-0.39, 0.29) is 22.4 Å². The number of fused-ring (bicyclic) bond motifs is 1. The molecule has 0 aliphatic carbocycles. The van der Waals surface area contributed by atoms with Crippen molar-refractivity contribution in [3.8, 4) is 28.2 Å². The Labute approximate surface area is 264 Å². The first-order valence-electron chi connectivity index (χ1n) is 13.5. The normalized spacial score (nSPS) is 14.7. The number of nitrogens with zero attached hydrogens (tertiary/aromatic N) is 7. The van der Waals surface area contributed by atoms with Crippen molar-refractivity contribution in [3.05, 3.63) is 93.1 Å². The fourth-order valence-electron chi connectivity index (χ4n) is 5.36. The van der Waals surface area contributed by atoms with E-state index >= 15 is 0 Å². The topological polar surface area (TPSA) is 181 Å². The number of nitrogens with one attached hydrogen (secondary N) is 1. The fourth-order valence-corrected chi connectivity index (χ4v) is 5.66. The Bertz CT molecular complexity index is 1970. The number of carboxylic acid groups (broad SMARTS) is 2. The molecule has 1 unspecified atom stereocenters. The van der Waals surface area contributed by atoms with Crippen LogP contribution >= 0.6 is 23.2 Å². The molecule has 16 heteroatoms. The highest BCUT2D eigenvalue weighted by atomic mass is 35.5. The van der Waals surface area contributed by atoms with Crippen molar-refractivity contribution in [3.63, 3.8) is 0 Å². The number of aromatic amines is 1. The van der Waals surface area contributed by atoms with E-state index in [1.807, 2.05) is 6.07 Å². The van der Waals surface area contributed by atoms with E-state index < -0.39 is 24.7 Å². The summed E-state index contributed by atoms with van der Waals surface area (Å²) < 4.78 is 8.10. The predicted octanol–water partition coefficient (Wildman–Crippen LogP) is 4.31. The number of benzene rings is 1. The van der Waals surface area contributed by atoms with Crippen LogP contribution in [0.1, 0.15) is 24.0 Å². The third-order valence-corrected chi connectivity index (χ3v) is 7.91. The van der Waals surface area contributed by atoms with Gasteiger partial charge in [0.2, 0.25) is 0 Å². The largest absolute Gasteiger partial charge is 0.479 e. The number of aliphatic carboxylic acids is 1. The molecule has 5 aromatic rings. The minimum atomic E-state index is -1.35. The van der Waals surface area contributed by atoms with Crippen molar-refractivity contribution in [1.29, 1.82) is 0 Å². The van der Waals surface area contributed by atoms with Crippen LogP contribution < -0.4 is 10.5 Å². The number of pyridine rings is 2. The summed E-state index contributed by atoms with van der Waals surface area (Å²) in [6.45, 7) is -0.415. The molecule has 230 valence electrons. The Hall–Kier alpha value is -5.05. The number of aromatic nitrogens is 7. The molecule has 2 atom stereocenters. The summed E-state index contributed by atoms with van der Waals surface area (Å²) in [5.74, 6) is -0.713. The van der Waals surface area contributed by atoms with Crippen molar-refractivity contribution < 1.29 is 24.5 Å². The minimum absolute atomic E-state index is 0.177. The SMILES string of the molecule is COC(CN(C(=O)O)c1ccc(-c2cnc([C@@H]3CCc4cc(-c5cc(Cl)ccc5-n5cc(Cl)nn5)cc(=O)n43)[nH]2)nc1)C(=O)O. The summed E-state index contributed by atoms with van der Waals surface area (Å²) in [5.41, 5.74) is 3.88. The predicted molar refractivity (Wildman–Crippen MR) is 163 cm³/mol. The first-order valence-corrected chi connectivity index (χ1v) is 14.3. The minimum Gasteiger partial charge on any atom is -0.479 e. The summed E-state index contributed by atoms with van der Waals surface area (Å²) >= 11 is 12.3. The zero-order chi connectivity index (χ0) is 31.8. The molecule has 0 fully saturated rings. The number of hydrogen-bond acceptors (Lipinski definition) is 8. The van der Waals surface area contributed by atoms with E-state index in [2.05, 4.69) is 25.3 Å². The first-order chi connectivity index (χ1) is 21.6. The van der Waals surface area contributed by atoms with Gasteiger partial charge in [-0.1, -0.05) is 28.4 Å². The number of anilines is 1. The second-order valence-electron chi connectivity index (χ2n) is 10.2. The van der Waals surface area contributed by atoms with Crippen molar-refractivity contribution in [2.24, 2.45) is 0 Å². The molecule has 5 heterocycles. The highest BCUT2D eigenvalue weighted by molar-refractivity contribution is 6.31. The highest BCUT2D eigenvalue weighted by Crippen LogP contribution is 2.34. The number of rotatable bonds is 9. The van der Waals surface area contributed by atoms with Gasteiger partial charge in [0, 0.05) is 29.5 Å². The zero-order valence-corrected chi connectivity index (χ0v) is 25.0. The van der Waals surface area contributed by atoms with Crippen LogP contribution in [0.5, 0.6) is 0 Å². The molecule has 14 nitrogen and oxygen atoms in total. The van der Waals surface area contributed by atoms with Gasteiger partial charge < -0.3 is 24.5 Å². The van der Waals surface area contributed by atoms with E-state index in [1.165, 1.54) is 24.1 Å². The smallest absolute Gasteiger partial charge is 0.411 e. The van der Waals surface area contributed by atoms with Crippen LogP contribution in [0, 0.1) is 0 Å². The first kappa shape index (κ1) is 30.0. The van der Waals surface area contributed by atoms with Crippen LogP contribution in [0.25, 0.3) is 28.2 Å². The van der Waals surface area contributed by atoms with Gasteiger partial charge in [0.25, 0.3) is 5.56 Å². The van der Waals surface area contributed by atoms with E-state index in [1.54, 1.807) is 47.3 Å². The molecule has 1 aliphatic heterocycles. The molecular weight excluding hydrogens is 627 g/mol. The molecule has 0 radical (unpaired) electrons. The van der Waals surface area contributed by atoms with Gasteiger partial charge in [-0.2, -0.15) is 0 Å². The second kappa shape index (κ2) is 12.1. The lowest BCUT2D eigenvalue weighted by molar-refractivity contribution is -0.147. The van der Waals surface area contributed by atoms with E-state index in [4.69, 9.17) is 27.9 Å². The lowest BCUT2D eigenvalue weighted by atomic mass is 10.0. The number of carboxylic acids is 1. The van der Waals surface area contributed by atoms with Crippen molar-refractivity contribution in [2.45, 2.75) is 25.0 Å². The number of halogens is 2. The van der Waals surface area contributed by atoms with Gasteiger partial charge >= 0.3 is 12.1 Å². The maximum Gasteiger partial charge on any atom is 0.411 e. The molecule has 0 spiro atoms. The third-order valence-electron chi connectivity index (χ3n) is 7.50. The van der Waals surface area contributed by atoms with Crippen LogP contribution in [0.4, 0.5) is 10.5 Å². The summed E-state index contributed by atoms with van der Waals surface area (Å²) in [5, 5.41) is 27.5. The summed E-state index contributed by atoms with van der Waals surface area (Å²) in [7, 11) is 1.19. The van der Waals surface area contributed by atoms with Crippen LogP contribution in [0.2, 0.25) is 10.2 Å². The Kier molecular flexibility index (Phi) is 8.10. The third kappa shape index (κ3) is 5.90. The average Bonchev–Trinajstić information content (AvgIpc) is 3.77. The van der Waals surface area contributed by atoms with Crippen LogP contribution in [-0.2, 0) is 16.0 Å². The Balaban J connectivity index is 1.26. The maximum atomic E-state index is 13.5. The van der Waals surface area contributed by atoms with E-state index in [0.717, 1.165) is 10.6 Å². The van der Waals surface area contributed by atoms with Crippen LogP contribution in [-0.4, -0.2) is 76.5 Å². The maximum absolute atomic E-state index is 13.5. The lowest BCUT2D eigenvalue weighted by Gasteiger charge is -2.22. The molecule has 1 amide bonds. The summed E-state index contributed by atoms with van der Waals surface area (Å²) in [4.78, 5) is 49.6. The van der Waals surface area contributed by atoms with Gasteiger partial charge in [-0.15, -0.1) is 5.10 Å². The molecular formula is C29H24Cl2N8O6. The van der Waals surface area contributed by atoms with Gasteiger partial charge in [-0.25, -0.2) is 19.3 Å². The average molecular weight is 651 g/mol. The second-order valence-corrected chi connectivity index (χ2v) is 11.0. The molecule has 1 aromatic carbocycles. The number of carbonyl (C=O) groups is 2. The monoisotopic (exact) mass is 650 g/mol. The number of ether oxygens (including phenoxy) is 1. The summed E-state index contributed by atoms with van der Waals surface area (Å²) in [6.07, 6.45) is 3.07. The molecule has 4 aromatic heterocycles. The van der Waals surface area contributed by atoms with Gasteiger partial charge in [-0.05, 0) is 54.8 Å². The molecule has 1 aliphatic rings. The van der Waals surface area contributed by atoms with Crippen LogP contribution in [0.15, 0.2) is 65.8 Å². The number of methoxy groups -OCH3 is 1. The summed E-state index contributed by atoms with van der Waals surface area (Å²) in [6, 6.07) is 11.5. The van der Waals surface area contributed by atoms with Gasteiger partial charge in [0.15, 0.2) is 11.3 Å². The van der Waals surface area contributed by atoms with Crippen LogP contribution in [0.3, 0.4) is 0 Å². The quantitative estimate of drug-likeness (QED) is 0.208. The Morgan fingerprint density at radius 3 is 2.62 bits per heavy atom.